The minimum atomic E-state index is -1.26. The third-order valence-corrected chi connectivity index (χ3v) is 6.36. The molecule has 0 radical (unpaired) electrons. The molecule has 1 aliphatic rings. The Hall–Kier alpha value is -2.80. The number of carboxylic acids is 1. The first-order valence-electron chi connectivity index (χ1n) is 10.3. The van der Waals surface area contributed by atoms with Gasteiger partial charge in [0, 0.05) is 11.8 Å². The maximum Gasteiger partial charge on any atom is 0.329 e. The summed E-state index contributed by atoms with van der Waals surface area (Å²) < 4.78 is 10.5. The van der Waals surface area contributed by atoms with Crippen LogP contribution in [0.3, 0.4) is 0 Å². The number of amides is 1. The van der Waals surface area contributed by atoms with E-state index in [0.29, 0.717) is 46.5 Å². The topological polar surface area (TPSA) is 97.8 Å². The van der Waals surface area contributed by atoms with Crippen LogP contribution in [0.2, 0.25) is 5.02 Å². The number of halogens is 1. The van der Waals surface area contributed by atoms with E-state index < -0.39 is 17.4 Å². The minimum absolute atomic E-state index is 0.251. The van der Waals surface area contributed by atoms with Gasteiger partial charge in [0.1, 0.15) is 11.3 Å². The molecule has 7 nitrogen and oxygen atoms in total. The van der Waals surface area contributed by atoms with Crippen molar-refractivity contribution in [2.24, 2.45) is 5.92 Å². The minimum Gasteiger partial charge on any atom is -0.495 e. The Balaban J connectivity index is 1.90. The zero-order valence-corrected chi connectivity index (χ0v) is 18.7. The Morgan fingerprint density at radius 1 is 1.23 bits per heavy atom. The molecule has 2 N–H and O–H groups in total. The second-order valence-corrected chi connectivity index (χ2v) is 8.23. The van der Waals surface area contributed by atoms with Crippen LogP contribution >= 0.6 is 11.6 Å². The Morgan fingerprint density at radius 3 is 2.48 bits per heavy atom. The molecule has 3 rings (SSSR count). The molecule has 0 spiro atoms. The van der Waals surface area contributed by atoms with E-state index in [1.54, 1.807) is 24.3 Å². The molecule has 0 saturated heterocycles. The van der Waals surface area contributed by atoms with Gasteiger partial charge in [-0.1, -0.05) is 31.0 Å². The van der Waals surface area contributed by atoms with Gasteiger partial charge in [-0.25, -0.2) is 9.78 Å². The number of carbonyl (C=O) groups excluding carboxylic acids is 1. The zero-order valence-electron chi connectivity index (χ0n) is 17.9. The third kappa shape index (κ3) is 4.77. The van der Waals surface area contributed by atoms with Crippen molar-refractivity contribution in [3.05, 3.63) is 41.0 Å². The van der Waals surface area contributed by atoms with Crippen molar-refractivity contribution in [3.8, 4) is 22.8 Å². The van der Waals surface area contributed by atoms with Gasteiger partial charge in [0.05, 0.1) is 24.8 Å². The maximum absolute atomic E-state index is 13.0. The first-order valence-corrected chi connectivity index (χ1v) is 10.6. The molecule has 166 valence electrons. The van der Waals surface area contributed by atoms with E-state index in [2.05, 4.69) is 17.2 Å². The van der Waals surface area contributed by atoms with Crippen LogP contribution < -0.4 is 14.8 Å². The molecule has 1 amide bonds. The summed E-state index contributed by atoms with van der Waals surface area (Å²) in [5.74, 6) is -0.127. The lowest BCUT2D eigenvalue weighted by Crippen LogP contribution is -2.56. The lowest BCUT2D eigenvalue weighted by atomic mass is 9.75. The van der Waals surface area contributed by atoms with Gasteiger partial charge in [-0.2, -0.15) is 0 Å². The van der Waals surface area contributed by atoms with E-state index >= 15 is 0 Å². The van der Waals surface area contributed by atoms with Gasteiger partial charge in [-0.3, -0.25) is 4.79 Å². The van der Waals surface area contributed by atoms with Crippen LogP contribution in [0.1, 0.15) is 49.4 Å². The predicted octanol–water partition coefficient (Wildman–Crippen LogP) is 4.57. The fraction of sp³-hybridized carbons (Fsp3) is 0.435. The van der Waals surface area contributed by atoms with Crippen LogP contribution in [-0.4, -0.2) is 41.7 Å². The van der Waals surface area contributed by atoms with Gasteiger partial charge >= 0.3 is 5.97 Å². The molecule has 1 heterocycles. The number of hydrogen-bond acceptors (Lipinski definition) is 5. The number of pyridine rings is 1. The molecule has 1 aliphatic carbocycles. The number of carbonyl (C=O) groups is 2. The van der Waals surface area contributed by atoms with Crippen LogP contribution in [0.15, 0.2) is 30.5 Å². The Kier molecular flexibility index (Phi) is 7.05. The van der Waals surface area contributed by atoms with E-state index in [1.807, 2.05) is 0 Å². The Bertz CT molecular complexity index is 970. The molecule has 1 saturated carbocycles. The highest BCUT2D eigenvalue weighted by atomic mass is 35.5. The number of ether oxygens (including phenoxy) is 2. The van der Waals surface area contributed by atoms with Crippen LogP contribution in [0.5, 0.6) is 11.6 Å². The first-order chi connectivity index (χ1) is 14.8. The standard InChI is InChI=1S/C23H27ClN2O5/c1-4-14-7-9-23(10-8-14,22(28)29)26-20(27)16-11-17(21(31-3)25-13-16)15-5-6-19(30-2)18(24)12-15/h5-6,11-14H,4,7-10H2,1-3H3,(H,26,27)(H,28,29)/t14-,23-. The second kappa shape index (κ2) is 9.56. The first kappa shape index (κ1) is 22.9. The predicted molar refractivity (Wildman–Crippen MR) is 118 cm³/mol. The normalized spacial score (nSPS) is 20.7. The summed E-state index contributed by atoms with van der Waals surface area (Å²) in [4.78, 5) is 29.3. The van der Waals surface area contributed by atoms with Crippen molar-refractivity contribution < 1.29 is 24.2 Å². The number of hydrogen-bond donors (Lipinski definition) is 2. The SMILES string of the molecule is CC[C@H]1CC[C@@](NC(=O)c2cnc(OC)c(-c3ccc(OC)c(Cl)c3)c2)(C(=O)O)CC1. The molecule has 0 aliphatic heterocycles. The summed E-state index contributed by atoms with van der Waals surface area (Å²) >= 11 is 6.25. The number of nitrogens with one attached hydrogen (secondary N) is 1. The number of nitrogens with zero attached hydrogens (tertiary/aromatic N) is 1. The monoisotopic (exact) mass is 446 g/mol. The van der Waals surface area contributed by atoms with Gasteiger partial charge in [0.2, 0.25) is 5.88 Å². The maximum atomic E-state index is 13.0. The number of carboxylic acid groups (broad SMARTS) is 1. The van der Waals surface area contributed by atoms with Crippen molar-refractivity contribution in [3.63, 3.8) is 0 Å². The second-order valence-electron chi connectivity index (χ2n) is 7.82. The summed E-state index contributed by atoms with van der Waals surface area (Å²) in [5, 5.41) is 13.0. The Morgan fingerprint density at radius 2 is 1.94 bits per heavy atom. The molecule has 0 atom stereocenters. The number of methoxy groups -OCH3 is 2. The van der Waals surface area contributed by atoms with Crippen LogP contribution in [0.25, 0.3) is 11.1 Å². The fourth-order valence-electron chi connectivity index (χ4n) is 4.04. The van der Waals surface area contributed by atoms with Crippen molar-refractivity contribution in [2.45, 2.75) is 44.6 Å². The van der Waals surface area contributed by atoms with E-state index in [4.69, 9.17) is 21.1 Å². The smallest absolute Gasteiger partial charge is 0.329 e. The van der Waals surface area contributed by atoms with Crippen molar-refractivity contribution >= 4 is 23.5 Å². The molecule has 1 aromatic carbocycles. The van der Waals surface area contributed by atoms with Crippen molar-refractivity contribution in [1.29, 1.82) is 0 Å². The van der Waals surface area contributed by atoms with Gasteiger partial charge < -0.3 is 19.9 Å². The summed E-state index contributed by atoms with van der Waals surface area (Å²) in [7, 11) is 3.02. The average molecular weight is 447 g/mol. The highest BCUT2D eigenvalue weighted by Crippen LogP contribution is 2.36. The van der Waals surface area contributed by atoms with Gasteiger partial charge in [-0.05, 0) is 55.4 Å². The highest BCUT2D eigenvalue weighted by Gasteiger charge is 2.43. The molecule has 2 aromatic rings. The number of aromatic nitrogens is 1. The number of aliphatic carboxylic acids is 1. The molecular weight excluding hydrogens is 420 g/mol. The molecule has 0 bridgehead atoms. The number of benzene rings is 1. The van der Waals surface area contributed by atoms with E-state index in [0.717, 1.165) is 19.3 Å². The summed E-state index contributed by atoms with van der Waals surface area (Å²) in [6, 6.07) is 6.84. The highest BCUT2D eigenvalue weighted by molar-refractivity contribution is 6.32. The fourth-order valence-corrected chi connectivity index (χ4v) is 4.30. The van der Waals surface area contributed by atoms with Gasteiger partial charge in [-0.15, -0.1) is 0 Å². The van der Waals surface area contributed by atoms with E-state index in [9.17, 15) is 14.7 Å². The van der Waals surface area contributed by atoms with Gasteiger partial charge in [0.25, 0.3) is 5.91 Å². The van der Waals surface area contributed by atoms with Crippen LogP contribution in [0.4, 0.5) is 0 Å². The summed E-state index contributed by atoms with van der Waals surface area (Å²) in [6.07, 6.45) is 4.78. The third-order valence-electron chi connectivity index (χ3n) is 6.07. The van der Waals surface area contributed by atoms with Crippen molar-refractivity contribution in [2.75, 3.05) is 14.2 Å². The molecule has 31 heavy (non-hydrogen) atoms. The lowest BCUT2D eigenvalue weighted by molar-refractivity contribution is -0.146. The largest absolute Gasteiger partial charge is 0.495 e. The Labute approximate surface area is 186 Å². The van der Waals surface area contributed by atoms with E-state index in [-0.39, 0.29) is 5.56 Å². The van der Waals surface area contributed by atoms with Crippen molar-refractivity contribution in [1.82, 2.24) is 10.3 Å². The summed E-state index contributed by atoms with van der Waals surface area (Å²) in [6.45, 7) is 2.10. The van der Waals surface area contributed by atoms with Crippen LogP contribution in [0, 0.1) is 5.92 Å². The van der Waals surface area contributed by atoms with E-state index in [1.165, 1.54) is 20.4 Å². The number of rotatable bonds is 7. The molecular formula is C23H27ClN2O5. The molecule has 1 aromatic heterocycles. The zero-order chi connectivity index (χ0) is 22.6. The quantitative estimate of drug-likeness (QED) is 0.646. The average Bonchev–Trinajstić information content (AvgIpc) is 2.78. The molecule has 1 fully saturated rings. The molecule has 8 heteroatoms. The van der Waals surface area contributed by atoms with Gasteiger partial charge in [0.15, 0.2) is 0 Å². The summed E-state index contributed by atoms with van der Waals surface area (Å²) in [5.41, 5.74) is 0.257. The lowest BCUT2D eigenvalue weighted by Gasteiger charge is -2.37. The van der Waals surface area contributed by atoms with Crippen LogP contribution in [-0.2, 0) is 4.79 Å². The molecule has 0 unspecified atom stereocenters.